The zero-order valence-electron chi connectivity index (χ0n) is 16.0. The maximum Gasteiger partial charge on any atom is 0.302 e. The van der Waals surface area contributed by atoms with Gasteiger partial charge in [0, 0.05) is 42.1 Å². The van der Waals surface area contributed by atoms with Crippen molar-refractivity contribution in [1.29, 1.82) is 0 Å². The summed E-state index contributed by atoms with van der Waals surface area (Å²) < 4.78 is 24.2. The Balaban J connectivity index is 0.000000755. The molecule has 1 aromatic heterocycles. The van der Waals surface area contributed by atoms with Crippen LogP contribution in [0, 0.1) is 12.3 Å². The van der Waals surface area contributed by atoms with Crippen LogP contribution in [0.3, 0.4) is 0 Å². The van der Waals surface area contributed by atoms with Crippen molar-refractivity contribution in [2.75, 3.05) is 13.1 Å². The highest BCUT2D eigenvalue weighted by Crippen LogP contribution is 2.44. The van der Waals surface area contributed by atoms with E-state index in [9.17, 15) is 13.2 Å². The van der Waals surface area contributed by atoms with Gasteiger partial charge in [0.05, 0.1) is 0 Å². The van der Waals surface area contributed by atoms with E-state index in [4.69, 9.17) is 15.0 Å². The van der Waals surface area contributed by atoms with Crippen molar-refractivity contribution in [2.45, 2.75) is 25.8 Å². The Labute approximate surface area is 169 Å². The molecule has 0 radical (unpaired) electrons. The minimum atomic E-state index is -3.83. The van der Waals surface area contributed by atoms with Crippen molar-refractivity contribution >= 4 is 22.6 Å². The first-order valence-corrected chi connectivity index (χ1v) is 10.6. The average molecular weight is 420 g/mol. The summed E-state index contributed by atoms with van der Waals surface area (Å²) in [7, 11) is -3.83. The zero-order chi connectivity index (χ0) is 21.2. The molecule has 0 bridgehead atoms. The number of nitrogens with one attached hydrogen (secondary N) is 2. The van der Waals surface area contributed by atoms with Crippen LogP contribution in [0.25, 0.3) is 11.1 Å². The molecule has 156 valence electrons. The summed E-state index contributed by atoms with van der Waals surface area (Å²) in [6, 6.07) is 9.13. The Morgan fingerprint density at radius 2 is 2.00 bits per heavy atom. The zero-order valence-corrected chi connectivity index (χ0v) is 16.8. The Kier molecular flexibility index (Phi) is 5.78. The number of aromatic nitrogens is 1. The van der Waals surface area contributed by atoms with Crippen molar-refractivity contribution in [3.8, 4) is 11.1 Å². The molecule has 9 nitrogen and oxygen atoms in total. The van der Waals surface area contributed by atoms with Gasteiger partial charge in [-0.05, 0) is 48.9 Å². The monoisotopic (exact) mass is 420 g/mol. The summed E-state index contributed by atoms with van der Waals surface area (Å²) in [4.78, 5) is 20.9. The van der Waals surface area contributed by atoms with Crippen LogP contribution in [0.5, 0.6) is 0 Å². The molecular formula is C19H24N4O5S. The molecule has 4 rings (SSSR count). The van der Waals surface area contributed by atoms with Crippen LogP contribution in [0.1, 0.15) is 28.9 Å². The lowest BCUT2D eigenvalue weighted by Crippen LogP contribution is -2.65. The number of benzene rings is 1. The molecule has 5 N–H and O–H groups in total. The van der Waals surface area contributed by atoms with Gasteiger partial charge in [0.2, 0.25) is 0 Å². The van der Waals surface area contributed by atoms with Crippen LogP contribution in [0.15, 0.2) is 36.5 Å². The third kappa shape index (κ3) is 4.34. The first-order chi connectivity index (χ1) is 13.7. The normalized spacial score (nSPS) is 17.4. The molecule has 0 unspecified atom stereocenters. The molecule has 1 aliphatic carbocycles. The summed E-state index contributed by atoms with van der Waals surface area (Å²) in [6.07, 6.45) is 3.48. The highest BCUT2D eigenvalue weighted by Gasteiger charge is 2.48. The van der Waals surface area contributed by atoms with E-state index in [1.165, 1.54) is 6.20 Å². The molecule has 10 heteroatoms. The molecule has 1 saturated heterocycles. The molecule has 1 amide bonds. The highest BCUT2D eigenvalue weighted by molar-refractivity contribution is 7.87. The van der Waals surface area contributed by atoms with E-state index in [-0.39, 0.29) is 18.4 Å². The molecule has 0 atom stereocenters. The van der Waals surface area contributed by atoms with Gasteiger partial charge in [-0.1, -0.05) is 12.1 Å². The van der Waals surface area contributed by atoms with Gasteiger partial charge >= 0.3 is 10.2 Å². The molecule has 2 heterocycles. The second-order valence-corrected chi connectivity index (χ2v) is 8.95. The van der Waals surface area contributed by atoms with Crippen molar-refractivity contribution < 1.29 is 23.1 Å². The summed E-state index contributed by atoms with van der Waals surface area (Å²) in [5, 5.41) is 18.5. The number of hydrogen-bond acceptors (Lipinski definition) is 5. The average Bonchev–Trinajstić information content (AvgIpc) is 2.98. The van der Waals surface area contributed by atoms with Crippen LogP contribution in [-0.2, 0) is 15.0 Å². The van der Waals surface area contributed by atoms with E-state index in [1.54, 1.807) is 31.2 Å². The summed E-state index contributed by atoms with van der Waals surface area (Å²) in [5.74, 6) is -0.0949. The van der Waals surface area contributed by atoms with Crippen molar-refractivity contribution in [1.82, 2.24) is 14.6 Å². The second-order valence-electron chi connectivity index (χ2n) is 7.52. The van der Waals surface area contributed by atoms with Gasteiger partial charge in [0.1, 0.15) is 0 Å². The van der Waals surface area contributed by atoms with Gasteiger partial charge in [-0.3, -0.25) is 9.59 Å². The smallest absolute Gasteiger partial charge is 0.302 e. The van der Waals surface area contributed by atoms with Gasteiger partial charge in [-0.15, -0.1) is 0 Å². The largest absolute Gasteiger partial charge is 0.483 e. The quantitative estimate of drug-likeness (QED) is 0.536. The van der Waals surface area contributed by atoms with Crippen molar-refractivity contribution in [3.63, 3.8) is 0 Å². The number of nitrogens with zero attached hydrogens (tertiary/aromatic N) is 1. The number of carboxylic acid groups (broad SMARTS) is 1. The van der Waals surface area contributed by atoms with Crippen molar-refractivity contribution in [2.24, 2.45) is 10.6 Å². The van der Waals surface area contributed by atoms with Gasteiger partial charge < -0.3 is 15.7 Å². The van der Waals surface area contributed by atoms with Crippen molar-refractivity contribution in [3.05, 3.63) is 47.8 Å². The number of amides is 1. The third-order valence-corrected chi connectivity index (χ3v) is 6.44. The molecule has 2 aliphatic rings. The number of hydrogen-bond donors (Lipinski definition) is 4. The second kappa shape index (κ2) is 7.97. The molecule has 2 fully saturated rings. The molecule has 29 heavy (non-hydrogen) atoms. The number of carbonyl (C=O) groups excluding carboxylic acids is 1. The van der Waals surface area contributed by atoms with Crippen LogP contribution in [0.2, 0.25) is 0 Å². The van der Waals surface area contributed by atoms with E-state index in [0.717, 1.165) is 41.0 Å². The predicted octanol–water partition coefficient (Wildman–Crippen LogP) is 0.698. The summed E-state index contributed by atoms with van der Waals surface area (Å²) in [5.41, 5.74) is 3.01. The molecular weight excluding hydrogens is 396 g/mol. The van der Waals surface area contributed by atoms with Crippen LogP contribution in [0.4, 0.5) is 0 Å². The molecule has 2 aromatic rings. The van der Waals surface area contributed by atoms with Crippen LogP contribution >= 0.6 is 0 Å². The molecule has 1 saturated carbocycles. The molecule has 1 aromatic carbocycles. The van der Waals surface area contributed by atoms with E-state index in [2.05, 4.69) is 10.6 Å². The van der Waals surface area contributed by atoms with Gasteiger partial charge in [0.25, 0.3) is 12.4 Å². The maximum atomic E-state index is 12.6. The Hall–Kier alpha value is -2.69. The minimum absolute atomic E-state index is 0.0949. The minimum Gasteiger partial charge on any atom is -0.483 e. The Bertz CT molecular complexity index is 1020. The lowest BCUT2D eigenvalue weighted by Gasteiger charge is -2.54. The topological polar surface area (TPSA) is 144 Å². The SMILES string of the molecule is Cc1c(-c2cccc(C(=O)NC3CC4(CNC4)C3)c2)ccn1S(N)(=O)=O.O=CO. The molecule has 1 aliphatic heterocycles. The number of rotatable bonds is 4. The first-order valence-electron chi connectivity index (χ1n) is 9.10. The highest BCUT2D eigenvalue weighted by atomic mass is 32.2. The Morgan fingerprint density at radius 1 is 1.34 bits per heavy atom. The first kappa shape index (κ1) is 21.0. The summed E-state index contributed by atoms with van der Waals surface area (Å²) in [6.45, 7) is 3.54. The predicted molar refractivity (Wildman–Crippen MR) is 108 cm³/mol. The fourth-order valence-electron chi connectivity index (χ4n) is 4.03. The van der Waals surface area contributed by atoms with E-state index in [0.29, 0.717) is 16.7 Å². The maximum absolute atomic E-state index is 12.6. The Morgan fingerprint density at radius 3 is 2.52 bits per heavy atom. The standard InChI is InChI=1S/C18H22N4O3S.CH2O2/c1-12-16(5-6-22(12)26(19,24)25)13-3-2-4-14(7-13)17(23)21-15-8-18(9-15)10-20-11-18;2-1-3/h2-7,15,20H,8-11H2,1H3,(H,21,23)(H2,19,24,25);1H,(H,2,3). The third-order valence-electron chi connectivity index (χ3n) is 5.50. The fourth-order valence-corrected chi connectivity index (χ4v) is 4.74. The van der Waals surface area contributed by atoms with E-state index < -0.39 is 10.2 Å². The number of carbonyl (C=O) groups is 2. The lowest BCUT2D eigenvalue weighted by atomic mass is 9.61. The van der Waals surface area contributed by atoms with E-state index >= 15 is 0 Å². The van der Waals surface area contributed by atoms with E-state index in [1.807, 2.05) is 6.07 Å². The lowest BCUT2D eigenvalue weighted by molar-refractivity contribution is -0.122. The fraction of sp³-hybridized carbons (Fsp3) is 0.368. The van der Waals surface area contributed by atoms with Gasteiger partial charge in [0.15, 0.2) is 0 Å². The summed E-state index contributed by atoms with van der Waals surface area (Å²) >= 11 is 0. The van der Waals surface area contributed by atoms with Crippen LogP contribution < -0.4 is 15.8 Å². The van der Waals surface area contributed by atoms with Gasteiger partial charge in [-0.2, -0.15) is 8.42 Å². The van der Waals surface area contributed by atoms with Gasteiger partial charge in [-0.25, -0.2) is 9.11 Å². The number of nitrogens with two attached hydrogens (primary N) is 1. The van der Waals surface area contributed by atoms with Crippen LogP contribution in [-0.4, -0.2) is 49.0 Å². The molecule has 1 spiro atoms.